The van der Waals surface area contributed by atoms with Crippen LogP contribution in [0.4, 0.5) is 18.9 Å². The van der Waals surface area contributed by atoms with E-state index >= 15 is 0 Å². The van der Waals surface area contributed by atoms with E-state index in [9.17, 15) is 18.0 Å². The first kappa shape index (κ1) is 19.8. The summed E-state index contributed by atoms with van der Waals surface area (Å²) in [6.07, 6.45) is -4.33. The van der Waals surface area contributed by atoms with Gasteiger partial charge in [0.25, 0.3) is 0 Å². The van der Waals surface area contributed by atoms with Crippen LogP contribution in [0.5, 0.6) is 0 Å². The molecule has 1 heterocycles. The standard InChI is InChI=1S/C20H21F3N2OS/c1-13(12-24-27-15-10-8-14(9-11-15)20(21,22)23)25-17-7-5-4-6-16(17)19(2,3)18(25)26/h4-11,13,24H,12H2,1-3H3. The van der Waals surface area contributed by atoms with Gasteiger partial charge in [0, 0.05) is 23.2 Å². The molecule has 2 aromatic rings. The van der Waals surface area contributed by atoms with E-state index in [-0.39, 0.29) is 11.9 Å². The molecule has 1 unspecified atom stereocenters. The third kappa shape index (κ3) is 3.84. The third-order valence-electron chi connectivity index (χ3n) is 4.78. The molecule has 0 aromatic heterocycles. The van der Waals surface area contributed by atoms with Gasteiger partial charge in [-0.25, -0.2) is 0 Å². The third-order valence-corrected chi connectivity index (χ3v) is 5.60. The quantitative estimate of drug-likeness (QED) is 0.723. The van der Waals surface area contributed by atoms with Gasteiger partial charge in [-0.15, -0.1) is 0 Å². The van der Waals surface area contributed by atoms with Crippen LogP contribution >= 0.6 is 11.9 Å². The fraction of sp³-hybridized carbons (Fsp3) is 0.350. The SMILES string of the molecule is CC(CNSc1ccc(C(F)(F)F)cc1)N1C(=O)C(C)(C)c2ccccc21. The maximum atomic E-state index is 12.9. The number of halogens is 3. The maximum Gasteiger partial charge on any atom is 0.416 e. The Morgan fingerprint density at radius 3 is 2.37 bits per heavy atom. The lowest BCUT2D eigenvalue weighted by Crippen LogP contribution is -2.45. The van der Waals surface area contributed by atoms with Crippen LogP contribution in [0.15, 0.2) is 53.4 Å². The van der Waals surface area contributed by atoms with Gasteiger partial charge in [-0.05, 0) is 68.6 Å². The minimum absolute atomic E-state index is 0.0533. The molecule has 0 spiro atoms. The zero-order chi connectivity index (χ0) is 19.8. The molecule has 2 aromatic carbocycles. The van der Waals surface area contributed by atoms with Crippen LogP contribution in [0.25, 0.3) is 0 Å². The second kappa shape index (κ2) is 7.20. The molecule has 0 fully saturated rings. The lowest BCUT2D eigenvalue weighted by Gasteiger charge is -2.27. The smallest absolute Gasteiger partial charge is 0.307 e. The number of nitrogens with one attached hydrogen (secondary N) is 1. The highest BCUT2D eigenvalue weighted by molar-refractivity contribution is 7.97. The predicted molar refractivity (Wildman–Crippen MR) is 102 cm³/mol. The van der Waals surface area contributed by atoms with Crippen molar-refractivity contribution in [2.75, 3.05) is 11.4 Å². The largest absolute Gasteiger partial charge is 0.416 e. The van der Waals surface area contributed by atoms with Crippen molar-refractivity contribution in [2.45, 2.75) is 43.3 Å². The molecule has 1 amide bonds. The zero-order valence-electron chi connectivity index (χ0n) is 15.3. The van der Waals surface area contributed by atoms with Crippen molar-refractivity contribution in [3.8, 4) is 0 Å². The second-order valence-corrected chi connectivity index (χ2v) is 8.10. The number of fused-ring (bicyclic) bond motifs is 1. The monoisotopic (exact) mass is 394 g/mol. The predicted octanol–water partition coefficient (Wildman–Crippen LogP) is 5.02. The summed E-state index contributed by atoms with van der Waals surface area (Å²) in [5.74, 6) is 0.0533. The fourth-order valence-electron chi connectivity index (χ4n) is 3.22. The summed E-state index contributed by atoms with van der Waals surface area (Å²) >= 11 is 1.25. The number of carbonyl (C=O) groups excluding carboxylic acids is 1. The number of amides is 1. The van der Waals surface area contributed by atoms with Gasteiger partial charge in [-0.2, -0.15) is 13.2 Å². The van der Waals surface area contributed by atoms with Crippen LogP contribution in [0.2, 0.25) is 0 Å². The van der Waals surface area contributed by atoms with Crippen molar-refractivity contribution in [3.63, 3.8) is 0 Å². The molecule has 0 saturated heterocycles. The molecule has 3 rings (SSSR count). The average molecular weight is 394 g/mol. The van der Waals surface area contributed by atoms with E-state index in [1.807, 2.05) is 45.0 Å². The van der Waals surface area contributed by atoms with Crippen molar-refractivity contribution in [3.05, 3.63) is 59.7 Å². The number of benzene rings is 2. The first-order valence-electron chi connectivity index (χ1n) is 8.62. The lowest BCUT2D eigenvalue weighted by atomic mass is 9.86. The molecule has 1 aliphatic rings. The molecule has 1 N–H and O–H groups in total. The average Bonchev–Trinajstić information content (AvgIpc) is 2.81. The number of hydrogen-bond donors (Lipinski definition) is 1. The van der Waals surface area contributed by atoms with E-state index in [2.05, 4.69) is 4.72 Å². The molecular weight excluding hydrogens is 373 g/mol. The van der Waals surface area contributed by atoms with Crippen molar-refractivity contribution in [2.24, 2.45) is 0 Å². The van der Waals surface area contributed by atoms with Gasteiger partial charge >= 0.3 is 6.18 Å². The van der Waals surface area contributed by atoms with Crippen molar-refractivity contribution < 1.29 is 18.0 Å². The Morgan fingerprint density at radius 1 is 1.11 bits per heavy atom. The molecular formula is C20H21F3N2OS. The van der Waals surface area contributed by atoms with E-state index in [0.717, 1.165) is 23.4 Å². The summed E-state index contributed by atoms with van der Waals surface area (Å²) in [5, 5.41) is 0. The molecule has 0 saturated carbocycles. The minimum atomic E-state index is -4.33. The molecule has 0 bridgehead atoms. The van der Waals surface area contributed by atoms with Crippen molar-refractivity contribution in [1.82, 2.24) is 4.72 Å². The molecule has 144 valence electrons. The number of rotatable bonds is 5. The zero-order valence-corrected chi connectivity index (χ0v) is 16.1. The van der Waals surface area contributed by atoms with Gasteiger partial charge in [0.05, 0.1) is 11.0 Å². The van der Waals surface area contributed by atoms with Gasteiger partial charge in [0.15, 0.2) is 0 Å². The Morgan fingerprint density at radius 2 is 1.74 bits per heavy atom. The summed E-state index contributed by atoms with van der Waals surface area (Å²) in [6.45, 7) is 6.30. The molecule has 1 aliphatic heterocycles. The highest BCUT2D eigenvalue weighted by Crippen LogP contribution is 2.42. The molecule has 3 nitrogen and oxygen atoms in total. The fourth-order valence-corrected chi connectivity index (χ4v) is 3.99. The van der Waals surface area contributed by atoms with Gasteiger partial charge in [-0.3, -0.25) is 9.52 Å². The van der Waals surface area contributed by atoms with E-state index in [1.54, 1.807) is 4.90 Å². The lowest BCUT2D eigenvalue weighted by molar-refractivity contribution is -0.137. The summed E-state index contributed by atoms with van der Waals surface area (Å²) in [4.78, 5) is 15.4. The number of carbonyl (C=O) groups is 1. The first-order chi connectivity index (χ1) is 12.6. The van der Waals surface area contributed by atoms with Crippen LogP contribution in [0, 0.1) is 0 Å². The van der Waals surface area contributed by atoms with Crippen LogP contribution in [0.3, 0.4) is 0 Å². The normalized spacial score (nSPS) is 17.1. The van der Waals surface area contributed by atoms with Gasteiger partial charge in [0.1, 0.15) is 0 Å². The Hall–Kier alpha value is -1.99. The molecule has 1 atom stereocenters. The maximum absolute atomic E-state index is 12.9. The Labute approximate surface area is 161 Å². The van der Waals surface area contributed by atoms with E-state index in [0.29, 0.717) is 11.4 Å². The summed E-state index contributed by atoms with van der Waals surface area (Å²) < 4.78 is 41.0. The summed E-state index contributed by atoms with van der Waals surface area (Å²) in [6, 6.07) is 12.7. The van der Waals surface area contributed by atoms with E-state index in [4.69, 9.17) is 0 Å². The highest BCUT2D eigenvalue weighted by atomic mass is 32.2. The van der Waals surface area contributed by atoms with Crippen LogP contribution in [-0.4, -0.2) is 18.5 Å². The van der Waals surface area contributed by atoms with E-state index in [1.165, 1.54) is 24.1 Å². The molecule has 27 heavy (non-hydrogen) atoms. The number of para-hydroxylation sites is 1. The molecule has 0 radical (unpaired) electrons. The van der Waals surface area contributed by atoms with Crippen LogP contribution in [0.1, 0.15) is 31.9 Å². The van der Waals surface area contributed by atoms with Crippen molar-refractivity contribution in [1.29, 1.82) is 0 Å². The summed E-state index contributed by atoms with van der Waals surface area (Å²) in [7, 11) is 0. The number of anilines is 1. The van der Waals surface area contributed by atoms with Gasteiger partial charge in [0.2, 0.25) is 5.91 Å². The Bertz CT molecular complexity index is 834. The number of alkyl halides is 3. The van der Waals surface area contributed by atoms with Crippen LogP contribution < -0.4 is 9.62 Å². The highest BCUT2D eigenvalue weighted by Gasteiger charge is 2.45. The van der Waals surface area contributed by atoms with Gasteiger partial charge in [-0.1, -0.05) is 18.2 Å². The molecule has 0 aliphatic carbocycles. The van der Waals surface area contributed by atoms with Crippen LogP contribution in [-0.2, 0) is 16.4 Å². The summed E-state index contributed by atoms with van der Waals surface area (Å²) in [5.41, 5.74) is 0.700. The minimum Gasteiger partial charge on any atom is -0.307 e. The Balaban J connectivity index is 1.63. The molecule has 7 heteroatoms. The first-order valence-corrected chi connectivity index (χ1v) is 9.44. The number of nitrogens with zero attached hydrogens (tertiary/aromatic N) is 1. The van der Waals surface area contributed by atoms with E-state index < -0.39 is 17.2 Å². The van der Waals surface area contributed by atoms with Crippen molar-refractivity contribution >= 4 is 23.5 Å². The van der Waals surface area contributed by atoms with Gasteiger partial charge < -0.3 is 4.90 Å². The number of hydrogen-bond acceptors (Lipinski definition) is 3. The Kier molecular flexibility index (Phi) is 5.27. The topological polar surface area (TPSA) is 32.3 Å². The second-order valence-electron chi connectivity index (χ2n) is 7.14.